The molecule has 0 bridgehead atoms. The van der Waals surface area contributed by atoms with Gasteiger partial charge in [-0.2, -0.15) is 0 Å². The number of hydrogen-bond acceptors (Lipinski definition) is 5. The smallest absolute Gasteiger partial charge is 0.213 e. The first-order chi connectivity index (χ1) is 49.3. The van der Waals surface area contributed by atoms with Gasteiger partial charge in [-0.3, -0.25) is 0 Å². The van der Waals surface area contributed by atoms with E-state index in [1.165, 1.54) is 0 Å². The van der Waals surface area contributed by atoms with Gasteiger partial charge in [0, 0.05) is 59.8 Å². The van der Waals surface area contributed by atoms with Gasteiger partial charge in [-0.25, -0.2) is 19.8 Å². The van der Waals surface area contributed by atoms with Crippen molar-refractivity contribution in [3.63, 3.8) is 0 Å². The number of rotatable bonds is 8. The van der Waals surface area contributed by atoms with Crippen LogP contribution in [0, 0.1) is 6.57 Å². The normalized spacial score (nSPS) is 13.5. The SMILES string of the molecule is [2H]c1c([2H])c([2H])c(-c2ccc3c(c2)c2c4oc5ccccc5c4ccc2n3-c2c([N+]#[C-])cc(-c3nc(-c4ccccc4)nc(-c4ccccc4)n3)c(-n3c4ccc(-c5c([2H])c([2H])c([2H])c([2H])c5[2H])cc4c4c5oc6ccccc6c5ccc43)c2-n2c3ccccc3c3ccccc32)c([2H])c1[2H]. The van der Waals surface area contributed by atoms with Crippen molar-refractivity contribution in [1.82, 2.24) is 28.7 Å². The van der Waals surface area contributed by atoms with Crippen LogP contribution in [-0.4, -0.2) is 28.7 Å². The van der Waals surface area contributed by atoms with Gasteiger partial charge < -0.3 is 22.5 Å². The number of para-hydroxylation sites is 4. The fourth-order valence-corrected chi connectivity index (χ4v) is 13.8. The van der Waals surface area contributed by atoms with Crippen LogP contribution in [0.5, 0.6) is 0 Å². The minimum absolute atomic E-state index is 0.0109. The highest BCUT2D eigenvalue weighted by atomic mass is 16.3. The molecule has 6 aromatic heterocycles. The summed E-state index contributed by atoms with van der Waals surface area (Å²) >= 11 is 0. The van der Waals surface area contributed by atoms with Gasteiger partial charge in [-0.1, -0.05) is 206 Å². The molecule has 0 N–H and O–H groups in total. The molecule has 19 rings (SSSR count). The Balaban J connectivity index is 1.07. The van der Waals surface area contributed by atoms with Crippen molar-refractivity contribution in [3.05, 3.63) is 296 Å². The predicted octanol–water partition coefficient (Wildman–Crippen LogP) is 21.8. The Hall–Kier alpha value is -12.6. The largest absolute Gasteiger partial charge is 0.455 e. The van der Waals surface area contributed by atoms with E-state index in [2.05, 4.69) is 42.8 Å². The Bertz CT molecular complexity index is 6760. The topological polar surface area (TPSA) is 84.1 Å². The number of fused-ring (bicyclic) bond motifs is 17. The zero-order chi connectivity index (χ0) is 68.5. The third-order valence-electron chi connectivity index (χ3n) is 17.7. The first kappa shape index (κ1) is 41.5. The molecule has 19 aromatic rings. The van der Waals surface area contributed by atoms with Gasteiger partial charge in [-0.15, -0.1) is 0 Å². The first-order valence-corrected chi connectivity index (χ1v) is 29.6. The van der Waals surface area contributed by atoms with Crippen molar-refractivity contribution in [3.8, 4) is 73.5 Å². The molecule has 91 heavy (non-hydrogen) atoms. The highest BCUT2D eigenvalue weighted by Crippen LogP contribution is 2.52. The highest BCUT2D eigenvalue weighted by Gasteiger charge is 2.33. The maximum absolute atomic E-state index is 9.80. The lowest BCUT2D eigenvalue weighted by molar-refractivity contribution is 0.672. The summed E-state index contributed by atoms with van der Waals surface area (Å²) in [5.41, 5.74) is 10.2. The average molecular weight is 1170 g/mol. The van der Waals surface area contributed by atoms with Gasteiger partial charge >= 0.3 is 0 Å². The molecule has 0 saturated heterocycles. The minimum atomic E-state index is -0.516. The van der Waals surface area contributed by atoms with Gasteiger partial charge in [0.05, 0.1) is 81.2 Å². The van der Waals surface area contributed by atoms with Crippen molar-refractivity contribution in [2.75, 3.05) is 0 Å². The van der Waals surface area contributed by atoms with E-state index in [1.54, 1.807) is 12.1 Å². The van der Waals surface area contributed by atoms with Gasteiger partial charge in [0.25, 0.3) is 0 Å². The Morgan fingerprint density at radius 1 is 0.319 bits per heavy atom. The summed E-state index contributed by atoms with van der Waals surface area (Å²) in [6, 6.07) is 67.7. The lowest BCUT2D eigenvalue weighted by atomic mass is 10.0. The van der Waals surface area contributed by atoms with Crippen LogP contribution >= 0.6 is 0 Å². The lowest BCUT2D eigenvalue weighted by Crippen LogP contribution is -2.12. The fourth-order valence-electron chi connectivity index (χ4n) is 13.8. The second kappa shape index (κ2) is 19.7. The zero-order valence-electron chi connectivity index (χ0n) is 57.8. The summed E-state index contributed by atoms with van der Waals surface area (Å²) in [5, 5.41) is 7.55. The summed E-state index contributed by atoms with van der Waals surface area (Å²) < 4.78 is 110. The Labute approximate surface area is 533 Å². The predicted molar refractivity (Wildman–Crippen MR) is 371 cm³/mol. The number of furan rings is 2. The molecule has 0 fully saturated rings. The summed E-state index contributed by atoms with van der Waals surface area (Å²) in [7, 11) is 0. The third kappa shape index (κ3) is 7.54. The minimum Gasteiger partial charge on any atom is -0.455 e. The van der Waals surface area contributed by atoms with Gasteiger partial charge in [0.2, 0.25) is 5.69 Å². The van der Waals surface area contributed by atoms with Crippen molar-refractivity contribution >= 4 is 115 Å². The highest BCUT2D eigenvalue weighted by molar-refractivity contribution is 6.27. The molecule has 0 unspecified atom stereocenters. The van der Waals surface area contributed by atoms with Crippen LogP contribution in [0.15, 0.2) is 294 Å². The zero-order valence-corrected chi connectivity index (χ0v) is 47.8. The molecule has 0 atom stereocenters. The Morgan fingerprint density at radius 2 is 0.725 bits per heavy atom. The van der Waals surface area contributed by atoms with Crippen LogP contribution in [-0.2, 0) is 0 Å². The van der Waals surface area contributed by atoms with Crippen molar-refractivity contribution < 1.29 is 22.5 Å². The van der Waals surface area contributed by atoms with Gasteiger partial charge in [0.15, 0.2) is 17.5 Å². The van der Waals surface area contributed by atoms with Crippen molar-refractivity contribution in [2.24, 2.45) is 0 Å². The maximum atomic E-state index is 9.80. The second-order valence-corrected chi connectivity index (χ2v) is 22.5. The molecular formula is C82H47N7O2. The third-order valence-corrected chi connectivity index (χ3v) is 17.7. The fraction of sp³-hybridized carbons (Fsp3) is 0. The van der Waals surface area contributed by atoms with E-state index in [-0.39, 0.29) is 46.8 Å². The number of nitrogens with zero attached hydrogens (tertiary/aromatic N) is 7. The van der Waals surface area contributed by atoms with Crippen LogP contribution in [0.2, 0.25) is 0 Å². The van der Waals surface area contributed by atoms with E-state index < -0.39 is 36.3 Å². The molecule has 0 aliphatic rings. The lowest BCUT2D eigenvalue weighted by Gasteiger charge is -2.26. The second-order valence-electron chi connectivity index (χ2n) is 22.5. The molecule has 0 amide bonds. The standard InChI is InChI=1S/C82H47N7O2/c1-83-64-48-63(82-85-80(51-26-10-4-11-27-51)84-81(86-82)52-28-12-5-13-29-52)75(88-67-42-38-53(49-22-6-2-7-23-49)46-61(67)73-69(88)44-40-59-57-32-16-20-36-71(57)90-78(59)73)77(87-65-34-18-14-30-55(65)56-31-15-19-35-66(56)87)76(64)89-68-43-39-54(50-24-8-3-9-25-50)47-62(68)74-70(89)45-41-60-58-33-17-21-37-72(58)91-79(60)74/h2-48H/i2D,3D,6D,7D,8D,9D,22D,23D,24D,25D. The van der Waals surface area contributed by atoms with Crippen molar-refractivity contribution in [2.45, 2.75) is 0 Å². The van der Waals surface area contributed by atoms with Gasteiger partial charge in [-0.05, 0) is 101 Å². The van der Waals surface area contributed by atoms with E-state index >= 15 is 0 Å². The molecule has 0 aliphatic heterocycles. The summed E-state index contributed by atoms with van der Waals surface area (Å²) in [6.07, 6.45) is 0. The molecule has 0 spiro atoms. The maximum Gasteiger partial charge on any atom is 0.213 e. The molecule has 6 heterocycles. The summed E-state index contributed by atoms with van der Waals surface area (Å²) in [4.78, 5) is 20.8. The summed E-state index contributed by atoms with van der Waals surface area (Å²) in [6.45, 7) is 9.80. The van der Waals surface area contributed by atoms with E-state index in [9.17, 15) is 12.1 Å². The molecule has 9 nitrogen and oxygen atoms in total. The van der Waals surface area contributed by atoms with Crippen LogP contribution < -0.4 is 0 Å². The van der Waals surface area contributed by atoms with E-state index in [0.29, 0.717) is 122 Å². The average Bonchev–Trinajstić information content (AvgIpc) is 1.54. The first-order valence-electron chi connectivity index (χ1n) is 34.6. The molecule has 422 valence electrons. The van der Waals surface area contributed by atoms with Crippen LogP contribution in [0.1, 0.15) is 13.7 Å². The monoisotopic (exact) mass is 1170 g/mol. The van der Waals surface area contributed by atoms with E-state index in [4.69, 9.17) is 32.0 Å². The number of hydrogen-bond donors (Lipinski definition) is 0. The van der Waals surface area contributed by atoms with Crippen LogP contribution in [0.25, 0.3) is 188 Å². The molecule has 9 heteroatoms. The van der Waals surface area contributed by atoms with Gasteiger partial charge in [0.1, 0.15) is 22.3 Å². The molecule has 0 radical (unpaired) electrons. The molecule has 0 aliphatic carbocycles. The molecular weight excluding hydrogens is 1110 g/mol. The van der Waals surface area contributed by atoms with Crippen LogP contribution in [0.4, 0.5) is 5.69 Å². The summed E-state index contributed by atoms with van der Waals surface area (Å²) in [5.74, 6) is 0.916. The van der Waals surface area contributed by atoms with E-state index in [1.807, 2.05) is 188 Å². The van der Waals surface area contributed by atoms with E-state index in [0.717, 1.165) is 43.4 Å². The van der Waals surface area contributed by atoms with Crippen LogP contribution in [0.3, 0.4) is 0 Å². The Kier molecular flexibility index (Phi) is 8.97. The quantitative estimate of drug-likeness (QED) is 0.142. The molecule has 13 aromatic carbocycles. The molecule has 0 saturated carbocycles. The number of benzene rings is 13. The van der Waals surface area contributed by atoms with Crippen molar-refractivity contribution in [1.29, 1.82) is 0 Å². The Morgan fingerprint density at radius 3 is 1.22 bits per heavy atom. The number of aromatic nitrogens is 6.